The van der Waals surface area contributed by atoms with Crippen LogP contribution < -0.4 is 14.2 Å². The first-order valence-corrected chi connectivity index (χ1v) is 10.4. The zero-order valence-electron chi connectivity index (χ0n) is 18.2. The van der Waals surface area contributed by atoms with Gasteiger partial charge in [-0.2, -0.15) is 0 Å². The molecule has 5 heteroatoms. The Morgan fingerprint density at radius 2 is 1.63 bits per heavy atom. The van der Waals surface area contributed by atoms with Crippen LogP contribution in [0.5, 0.6) is 17.2 Å². The number of hydrogen-bond donors (Lipinski definition) is 0. The number of aryl methyl sites for hydroxylation is 2. The average Bonchev–Trinajstić information content (AvgIpc) is 3.14. The Labute approximate surface area is 178 Å². The highest BCUT2D eigenvalue weighted by atomic mass is 16.5. The maximum atomic E-state index is 5.71. The van der Waals surface area contributed by atoms with Crippen LogP contribution in [0.1, 0.15) is 34.8 Å². The third kappa shape index (κ3) is 3.90. The summed E-state index contributed by atoms with van der Waals surface area (Å²) in [7, 11) is 5.02. The third-order valence-electron chi connectivity index (χ3n) is 5.87. The average molecular weight is 407 g/mol. The molecule has 1 aliphatic rings. The van der Waals surface area contributed by atoms with Gasteiger partial charge in [-0.15, -0.1) is 0 Å². The molecule has 1 aromatic heterocycles. The predicted octanol–water partition coefficient (Wildman–Crippen LogP) is 4.82. The van der Waals surface area contributed by atoms with Crippen LogP contribution >= 0.6 is 0 Å². The fraction of sp³-hybridized carbons (Fsp3) is 0.360. The fourth-order valence-electron chi connectivity index (χ4n) is 4.47. The number of nitrogens with zero attached hydrogens (tertiary/aromatic N) is 2. The summed E-state index contributed by atoms with van der Waals surface area (Å²) >= 11 is 0. The van der Waals surface area contributed by atoms with Crippen molar-refractivity contribution in [2.75, 3.05) is 27.9 Å². The van der Waals surface area contributed by atoms with Gasteiger partial charge in [0.15, 0.2) is 11.5 Å². The van der Waals surface area contributed by atoms with Gasteiger partial charge in [-0.05, 0) is 37.1 Å². The molecule has 2 heterocycles. The lowest BCUT2D eigenvalue weighted by atomic mass is 9.99. The Morgan fingerprint density at radius 1 is 0.867 bits per heavy atom. The second-order valence-corrected chi connectivity index (χ2v) is 7.79. The van der Waals surface area contributed by atoms with Crippen molar-refractivity contribution in [1.29, 1.82) is 0 Å². The molecule has 0 saturated carbocycles. The van der Waals surface area contributed by atoms with E-state index in [1.54, 1.807) is 21.3 Å². The van der Waals surface area contributed by atoms with Gasteiger partial charge < -0.3 is 18.8 Å². The van der Waals surface area contributed by atoms with Crippen molar-refractivity contribution in [2.45, 2.75) is 32.5 Å². The maximum Gasteiger partial charge on any atom is 0.164 e. The van der Waals surface area contributed by atoms with Crippen LogP contribution in [0.3, 0.4) is 0 Å². The van der Waals surface area contributed by atoms with E-state index < -0.39 is 0 Å². The largest absolute Gasteiger partial charge is 0.496 e. The van der Waals surface area contributed by atoms with Gasteiger partial charge in [0.1, 0.15) is 5.75 Å². The molecule has 1 unspecified atom stereocenters. The van der Waals surface area contributed by atoms with Crippen LogP contribution in [0.15, 0.2) is 54.7 Å². The molecular weight excluding hydrogens is 376 g/mol. The van der Waals surface area contributed by atoms with Gasteiger partial charge in [-0.3, -0.25) is 4.90 Å². The smallest absolute Gasteiger partial charge is 0.164 e. The topological polar surface area (TPSA) is 35.9 Å². The quantitative estimate of drug-likeness (QED) is 0.588. The molecule has 2 aromatic carbocycles. The molecule has 0 amide bonds. The molecule has 0 radical (unpaired) electrons. The zero-order chi connectivity index (χ0) is 21.1. The molecule has 0 aliphatic carbocycles. The summed E-state index contributed by atoms with van der Waals surface area (Å²) in [6, 6.07) is 17.4. The molecule has 4 rings (SSSR count). The summed E-state index contributed by atoms with van der Waals surface area (Å²) in [5, 5.41) is 0. The molecule has 0 spiro atoms. The second kappa shape index (κ2) is 8.84. The minimum atomic E-state index is 0.181. The fourth-order valence-corrected chi connectivity index (χ4v) is 4.47. The van der Waals surface area contributed by atoms with E-state index in [1.807, 2.05) is 12.1 Å². The van der Waals surface area contributed by atoms with Crippen molar-refractivity contribution in [1.82, 2.24) is 9.47 Å². The van der Waals surface area contributed by atoms with E-state index in [0.717, 1.165) is 43.1 Å². The normalized spacial score (nSPS) is 16.6. The summed E-state index contributed by atoms with van der Waals surface area (Å²) in [6.07, 6.45) is 3.29. The number of aromatic nitrogens is 1. The molecule has 0 bridgehead atoms. The SMILES string of the molecule is COc1cc(OC)c(OC)cc1CN1CCCn2cccc2C1c1cccc(C)c1. The van der Waals surface area contributed by atoms with Crippen LogP contribution in [0.4, 0.5) is 0 Å². The summed E-state index contributed by atoms with van der Waals surface area (Å²) in [5.74, 6) is 2.21. The van der Waals surface area contributed by atoms with Gasteiger partial charge in [-0.1, -0.05) is 29.8 Å². The van der Waals surface area contributed by atoms with Gasteiger partial charge in [0, 0.05) is 43.2 Å². The Bertz CT molecular complexity index is 1010. The summed E-state index contributed by atoms with van der Waals surface area (Å²) in [6.45, 7) is 4.94. The number of rotatable bonds is 6. The van der Waals surface area contributed by atoms with Gasteiger partial charge in [0.2, 0.25) is 0 Å². The van der Waals surface area contributed by atoms with Crippen molar-refractivity contribution < 1.29 is 14.2 Å². The highest BCUT2D eigenvalue weighted by molar-refractivity contribution is 5.51. The minimum Gasteiger partial charge on any atom is -0.496 e. The van der Waals surface area contributed by atoms with Crippen molar-refractivity contribution in [3.63, 3.8) is 0 Å². The standard InChI is InChI=1S/C25H30N2O3/c1-18-8-5-9-19(14-18)25-21-10-6-11-26(21)12-7-13-27(25)17-20-15-23(29-3)24(30-4)16-22(20)28-2/h5-6,8-11,14-16,25H,7,12-13,17H2,1-4H3. The lowest BCUT2D eigenvalue weighted by Gasteiger charge is -2.31. The van der Waals surface area contributed by atoms with E-state index in [0.29, 0.717) is 5.75 Å². The van der Waals surface area contributed by atoms with Crippen LogP contribution in [0.2, 0.25) is 0 Å². The second-order valence-electron chi connectivity index (χ2n) is 7.79. The molecule has 158 valence electrons. The zero-order valence-corrected chi connectivity index (χ0v) is 18.2. The number of benzene rings is 2. The Balaban J connectivity index is 1.77. The van der Waals surface area contributed by atoms with Crippen LogP contribution in [0.25, 0.3) is 0 Å². The molecule has 0 N–H and O–H groups in total. The minimum absolute atomic E-state index is 0.181. The summed E-state index contributed by atoms with van der Waals surface area (Å²) in [5.41, 5.74) is 5.01. The lowest BCUT2D eigenvalue weighted by Crippen LogP contribution is -2.29. The van der Waals surface area contributed by atoms with Crippen molar-refractivity contribution >= 4 is 0 Å². The third-order valence-corrected chi connectivity index (χ3v) is 5.87. The van der Waals surface area contributed by atoms with Crippen LogP contribution in [-0.2, 0) is 13.1 Å². The summed E-state index contributed by atoms with van der Waals surface area (Å²) in [4.78, 5) is 2.54. The lowest BCUT2D eigenvalue weighted by molar-refractivity contribution is 0.216. The highest BCUT2D eigenvalue weighted by Crippen LogP contribution is 2.38. The molecule has 3 aromatic rings. The Kier molecular flexibility index (Phi) is 6.00. The van der Waals surface area contributed by atoms with Crippen molar-refractivity contribution in [2.24, 2.45) is 0 Å². The molecule has 1 aliphatic heterocycles. The van der Waals surface area contributed by atoms with Crippen molar-refractivity contribution in [3.8, 4) is 17.2 Å². The molecular formula is C25H30N2O3. The molecule has 0 saturated heterocycles. The first-order valence-electron chi connectivity index (χ1n) is 10.4. The molecule has 5 nitrogen and oxygen atoms in total. The van der Waals surface area contributed by atoms with Crippen LogP contribution in [-0.4, -0.2) is 37.3 Å². The van der Waals surface area contributed by atoms with Gasteiger partial charge in [0.25, 0.3) is 0 Å². The predicted molar refractivity (Wildman–Crippen MR) is 119 cm³/mol. The van der Waals surface area contributed by atoms with Gasteiger partial charge in [-0.25, -0.2) is 0 Å². The van der Waals surface area contributed by atoms with E-state index in [4.69, 9.17) is 14.2 Å². The molecule has 1 atom stereocenters. The maximum absolute atomic E-state index is 5.71. The monoisotopic (exact) mass is 406 g/mol. The molecule has 30 heavy (non-hydrogen) atoms. The first kappa shape index (κ1) is 20.4. The molecule has 0 fully saturated rings. The van der Waals surface area contributed by atoms with Crippen LogP contribution in [0, 0.1) is 6.92 Å². The summed E-state index contributed by atoms with van der Waals surface area (Å²) < 4.78 is 19.1. The van der Waals surface area contributed by atoms with E-state index >= 15 is 0 Å². The van der Waals surface area contributed by atoms with Crippen molar-refractivity contribution in [3.05, 3.63) is 77.1 Å². The van der Waals surface area contributed by atoms with E-state index in [2.05, 4.69) is 59.0 Å². The Hall–Kier alpha value is -2.92. The van der Waals surface area contributed by atoms with Gasteiger partial charge >= 0.3 is 0 Å². The van der Waals surface area contributed by atoms with E-state index in [1.165, 1.54) is 16.8 Å². The van der Waals surface area contributed by atoms with Gasteiger partial charge in [0.05, 0.1) is 27.4 Å². The number of fused-ring (bicyclic) bond motifs is 1. The first-order chi connectivity index (χ1) is 14.6. The Morgan fingerprint density at radius 3 is 2.37 bits per heavy atom. The number of hydrogen-bond acceptors (Lipinski definition) is 4. The number of methoxy groups -OCH3 is 3. The van der Waals surface area contributed by atoms with E-state index in [9.17, 15) is 0 Å². The number of ether oxygens (including phenoxy) is 3. The van der Waals surface area contributed by atoms with E-state index in [-0.39, 0.29) is 6.04 Å². The highest BCUT2D eigenvalue weighted by Gasteiger charge is 2.28.